The summed E-state index contributed by atoms with van der Waals surface area (Å²) in [6.45, 7) is 3.45. The van der Waals surface area contributed by atoms with E-state index >= 15 is 0 Å². The molecule has 0 aliphatic heterocycles. The van der Waals surface area contributed by atoms with Crippen molar-refractivity contribution in [2.75, 3.05) is 6.54 Å². The van der Waals surface area contributed by atoms with Crippen molar-refractivity contribution in [2.24, 2.45) is 0 Å². The van der Waals surface area contributed by atoms with E-state index in [1.807, 2.05) is 0 Å². The predicted molar refractivity (Wildman–Crippen MR) is 76.3 cm³/mol. The first-order valence-electron chi connectivity index (χ1n) is 6.23. The Morgan fingerprint density at radius 2 is 2.10 bits per heavy atom. The Labute approximate surface area is 126 Å². The number of hydrogen-bond donors (Lipinski definition) is 1. The van der Waals surface area contributed by atoms with E-state index in [1.54, 1.807) is 13.8 Å². The Hall–Kier alpha value is -2.15. The molecule has 114 valence electrons. The van der Waals surface area contributed by atoms with Gasteiger partial charge in [-0.25, -0.2) is 0 Å². The minimum absolute atomic E-state index is 0.0156. The second-order valence-corrected chi connectivity index (χ2v) is 4.90. The first-order chi connectivity index (χ1) is 9.81. The maximum absolute atomic E-state index is 11.9. The smallest absolute Gasteiger partial charge is 0.307 e. The first-order valence-corrected chi connectivity index (χ1v) is 6.60. The molecule has 21 heavy (non-hydrogen) atoms. The number of nitrogens with one attached hydrogen (secondary N) is 1. The van der Waals surface area contributed by atoms with Gasteiger partial charge in [-0.2, -0.15) is 0 Å². The average molecular weight is 315 g/mol. The zero-order valence-corrected chi connectivity index (χ0v) is 12.3. The molecule has 0 heterocycles. The number of carbonyl (C=O) groups is 2. The quantitative estimate of drug-likeness (QED) is 0.493. The molecule has 0 bridgehead atoms. The molecule has 0 aliphatic carbocycles. The molecule has 1 aromatic rings. The summed E-state index contributed by atoms with van der Waals surface area (Å²) in [5.41, 5.74) is -0.494. The van der Waals surface area contributed by atoms with Crippen LogP contribution in [0.3, 0.4) is 0 Å². The van der Waals surface area contributed by atoms with Gasteiger partial charge in [0.15, 0.2) is 0 Å². The number of carbonyl (C=O) groups excluding carboxylic acids is 2. The van der Waals surface area contributed by atoms with Crippen LogP contribution < -0.4 is 5.32 Å². The normalized spacial score (nSPS) is 10.3. The van der Waals surface area contributed by atoms with Gasteiger partial charge in [-0.3, -0.25) is 19.7 Å². The number of nitro groups is 1. The van der Waals surface area contributed by atoms with Crippen LogP contribution in [0.2, 0.25) is 5.02 Å². The summed E-state index contributed by atoms with van der Waals surface area (Å²) in [4.78, 5) is 33.4. The summed E-state index contributed by atoms with van der Waals surface area (Å²) in [5.74, 6) is -1.12. The van der Waals surface area contributed by atoms with E-state index in [0.29, 0.717) is 0 Å². The minimum atomic E-state index is -0.668. The zero-order chi connectivity index (χ0) is 16.0. The highest BCUT2D eigenvalue weighted by molar-refractivity contribution is 6.31. The fraction of sp³-hybridized carbons (Fsp3) is 0.385. The van der Waals surface area contributed by atoms with E-state index in [-0.39, 0.29) is 35.3 Å². The van der Waals surface area contributed by atoms with Crippen LogP contribution >= 0.6 is 11.6 Å². The van der Waals surface area contributed by atoms with Crippen molar-refractivity contribution in [2.45, 2.75) is 26.4 Å². The van der Waals surface area contributed by atoms with Crippen molar-refractivity contribution < 1.29 is 19.2 Å². The van der Waals surface area contributed by atoms with Crippen LogP contribution in [-0.2, 0) is 9.53 Å². The van der Waals surface area contributed by atoms with Crippen LogP contribution in [0.15, 0.2) is 18.2 Å². The third-order valence-electron chi connectivity index (χ3n) is 2.38. The molecule has 0 aromatic heterocycles. The van der Waals surface area contributed by atoms with Gasteiger partial charge in [0.1, 0.15) is 5.56 Å². The van der Waals surface area contributed by atoms with Crippen molar-refractivity contribution in [3.63, 3.8) is 0 Å². The fourth-order valence-electron chi connectivity index (χ4n) is 1.54. The molecule has 0 atom stereocenters. The Bertz CT molecular complexity index is 559. The van der Waals surface area contributed by atoms with Gasteiger partial charge in [0.25, 0.3) is 11.6 Å². The Morgan fingerprint density at radius 1 is 1.43 bits per heavy atom. The predicted octanol–water partition coefficient (Wildman–Crippen LogP) is 2.32. The molecule has 0 saturated heterocycles. The average Bonchev–Trinajstić information content (AvgIpc) is 2.37. The van der Waals surface area contributed by atoms with E-state index in [1.165, 1.54) is 12.1 Å². The van der Waals surface area contributed by atoms with Crippen molar-refractivity contribution in [3.05, 3.63) is 38.9 Å². The maximum atomic E-state index is 11.9. The van der Waals surface area contributed by atoms with Crippen molar-refractivity contribution in [3.8, 4) is 0 Å². The molecule has 0 fully saturated rings. The number of halogens is 1. The van der Waals surface area contributed by atoms with Crippen LogP contribution in [0.1, 0.15) is 30.6 Å². The topological polar surface area (TPSA) is 98.5 Å². The molecule has 0 radical (unpaired) electrons. The van der Waals surface area contributed by atoms with Crippen LogP contribution in [0.25, 0.3) is 0 Å². The molecule has 0 unspecified atom stereocenters. The number of nitrogens with zero attached hydrogens (tertiary/aromatic N) is 1. The van der Waals surface area contributed by atoms with Crippen LogP contribution in [0.4, 0.5) is 5.69 Å². The maximum Gasteiger partial charge on any atom is 0.307 e. The molecule has 0 spiro atoms. The molecule has 1 aromatic carbocycles. The highest BCUT2D eigenvalue weighted by Gasteiger charge is 2.20. The van der Waals surface area contributed by atoms with E-state index in [0.717, 1.165) is 6.07 Å². The zero-order valence-electron chi connectivity index (χ0n) is 11.6. The van der Waals surface area contributed by atoms with Crippen LogP contribution in [-0.4, -0.2) is 29.4 Å². The molecule has 1 N–H and O–H groups in total. The summed E-state index contributed by atoms with van der Waals surface area (Å²) in [6.07, 6.45) is -0.250. The van der Waals surface area contributed by atoms with Gasteiger partial charge in [-0.15, -0.1) is 0 Å². The largest absolute Gasteiger partial charge is 0.463 e. The van der Waals surface area contributed by atoms with Gasteiger partial charge in [0.05, 0.1) is 17.4 Å². The monoisotopic (exact) mass is 314 g/mol. The Balaban J connectivity index is 2.66. The number of hydrogen-bond acceptors (Lipinski definition) is 5. The minimum Gasteiger partial charge on any atom is -0.463 e. The second-order valence-electron chi connectivity index (χ2n) is 4.46. The van der Waals surface area contributed by atoms with Crippen LogP contribution in [0.5, 0.6) is 0 Å². The van der Waals surface area contributed by atoms with Crippen molar-refractivity contribution in [1.29, 1.82) is 0 Å². The van der Waals surface area contributed by atoms with Gasteiger partial charge in [-0.1, -0.05) is 11.6 Å². The van der Waals surface area contributed by atoms with E-state index < -0.39 is 16.8 Å². The lowest BCUT2D eigenvalue weighted by atomic mass is 10.1. The molecular weight excluding hydrogens is 300 g/mol. The van der Waals surface area contributed by atoms with Crippen molar-refractivity contribution >= 4 is 29.2 Å². The van der Waals surface area contributed by atoms with E-state index in [9.17, 15) is 19.7 Å². The van der Waals surface area contributed by atoms with Gasteiger partial charge in [0.2, 0.25) is 0 Å². The molecule has 7 nitrogen and oxygen atoms in total. The highest BCUT2D eigenvalue weighted by Crippen LogP contribution is 2.22. The number of benzene rings is 1. The number of esters is 1. The number of nitro benzene ring substituents is 1. The number of amides is 1. The molecule has 1 amide bonds. The molecular formula is C13H15ClN2O5. The number of ether oxygens (including phenoxy) is 1. The number of rotatable bonds is 6. The molecule has 1 rings (SSSR count). The highest BCUT2D eigenvalue weighted by atomic mass is 35.5. The van der Waals surface area contributed by atoms with Gasteiger partial charge < -0.3 is 10.1 Å². The molecule has 0 saturated carbocycles. The lowest BCUT2D eigenvalue weighted by Crippen LogP contribution is -2.27. The van der Waals surface area contributed by atoms with Gasteiger partial charge in [0, 0.05) is 17.6 Å². The summed E-state index contributed by atoms with van der Waals surface area (Å²) in [6, 6.07) is 3.70. The summed E-state index contributed by atoms with van der Waals surface area (Å²) in [5, 5.41) is 13.5. The summed E-state index contributed by atoms with van der Waals surface area (Å²) < 4.78 is 4.90. The summed E-state index contributed by atoms with van der Waals surface area (Å²) in [7, 11) is 0. The van der Waals surface area contributed by atoms with Gasteiger partial charge >= 0.3 is 5.97 Å². The third-order valence-corrected chi connectivity index (χ3v) is 2.62. The van der Waals surface area contributed by atoms with E-state index in [4.69, 9.17) is 16.3 Å². The standard InChI is InChI=1S/C13H15ClN2O5/c1-8(2)21-12(17)5-6-15-13(18)10-7-9(14)3-4-11(10)16(19)20/h3-4,7-8H,5-6H2,1-2H3,(H,15,18). The SMILES string of the molecule is CC(C)OC(=O)CCNC(=O)c1cc(Cl)ccc1[N+](=O)[O-]. The van der Waals surface area contributed by atoms with Crippen LogP contribution in [0, 0.1) is 10.1 Å². The fourth-order valence-corrected chi connectivity index (χ4v) is 1.72. The lowest BCUT2D eigenvalue weighted by molar-refractivity contribution is -0.385. The second kappa shape index (κ2) is 7.58. The molecule has 8 heteroatoms. The van der Waals surface area contributed by atoms with E-state index in [2.05, 4.69) is 5.32 Å². The van der Waals surface area contributed by atoms with Gasteiger partial charge in [-0.05, 0) is 26.0 Å². The first kappa shape index (κ1) is 16.9. The van der Waals surface area contributed by atoms with Crippen molar-refractivity contribution in [1.82, 2.24) is 5.32 Å². The Kier molecular flexibility index (Phi) is 6.10. The Morgan fingerprint density at radius 3 is 2.67 bits per heavy atom. The third kappa shape index (κ3) is 5.39. The molecule has 0 aliphatic rings. The lowest BCUT2D eigenvalue weighted by Gasteiger charge is -2.09. The summed E-state index contributed by atoms with van der Waals surface area (Å²) >= 11 is 5.73.